The zero-order chi connectivity index (χ0) is 16.9. The fraction of sp³-hybridized carbons (Fsp3) is 0.529. The minimum atomic E-state index is 0.311. The van der Waals surface area contributed by atoms with Crippen molar-refractivity contribution in [2.24, 2.45) is 0 Å². The monoisotopic (exact) mass is 411 g/mol. The number of amides is 1. The van der Waals surface area contributed by atoms with Gasteiger partial charge in [0, 0.05) is 23.2 Å². The van der Waals surface area contributed by atoms with Crippen LogP contribution in [0.3, 0.4) is 0 Å². The first-order valence-corrected chi connectivity index (χ1v) is 9.75. The van der Waals surface area contributed by atoms with Crippen molar-refractivity contribution in [1.82, 2.24) is 9.80 Å². The fourth-order valence-corrected chi connectivity index (χ4v) is 3.96. The maximum atomic E-state index is 12.3. The minimum Gasteiger partial charge on any atom is -0.338 e. The van der Waals surface area contributed by atoms with Crippen LogP contribution in [0.5, 0.6) is 0 Å². The Hall–Kier alpha value is -1.18. The van der Waals surface area contributed by atoms with Crippen LogP contribution < -0.4 is 10.2 Å². The summed E-state index contributed by atoms with van der Waals surface area (Å²) in [6, 6.07) is 8.00. The van der Waals surface area contributed by atoms with E-state index in [0.717, 1.165) is 67.4 Å². The summed E-state index contributed by atoms with van der Waals surface area (Å²) >= 11 is 9.00. The third-order valence-electron chi connectivity index (χ3n) is 4.69. The number of anilines is 1. The summed E-state index contributed by atoms with van der Waals surface area (Å²) in [6.45, 7) is 6.21. The summed E-state index contributed by atoms with van der Waals surface area (Å²) in [5.74, 6) is 0.311. The van der Waals surface area contributed by atoms with Gasteiger partial charge in [0.25, 0.3) is 5.91 Å². The van der Waals surface area contributed by atoms with Gasteiger partial charge in [0.15, 0.2) is 11.7 Å². The van der Waals surface area contributed by atoms with E-state index in [4.69, 9.17) is 12.2 Å². The number of benzene rings is 1. The van der Waals surface area contributed by atoms with Crippen LogP contribution in [-0.2, 0) is 4.79 Å². The summed E-state index contributed by atoms with van der Waals surface area (Å²) in [5, 5.41) is 4.06. The Balaban J connectivity index is 1.44. The number of nitrogens with one attached hydrogen (secondary N) is 2. The number of rotatable bonds is 3. The van der Waals surface area contributed by atoms with Crippen LogP contribution in [0.2, 0.25) is 0 Å². The maximum Gasteiger partial charge on any atom is 0.277 e. The molecule has 1 aromatic rings. The predicted molar refractivity (Wildman–Crippen MR) is 103 cm³/mol. The predicted octanol–water partition coefficient (Wildman–Crippen LogP) is 0.969. The van der Waals surface area contributed by atoms with E-state index in [0.29, 0.717) is 12.5 Å². The molecule has 2 N–H and O–H groups in total. The van der Waals surface area contributed by atoms with Crippen molar-refractivity contribution < 1.29 is 9.69 Å². The van der Waals surface area contributed by atoms with E-state index in [1.807, 2.05) is 29.2 Å². The van der Waals surface area contributed by atoms with Crippen LogP contribution in [0.15, 0.2) is 28.7 Å². The van der Waals surface area contributed by atoms with Crippen molar-refractivity contribution in [2.75, 3.05) is 51.1 Å². The zero-order valence-corrected chi connectivity index (χ0v) is 16.2. The second kappa shape index (κ2) is 8.27. The average Bonchev–Trinajstić information content (AvgIpc) is 3.10. The van der Waals surface area contributed by atoms with Crippen LogP contribution in [0, 0.1) is 0 Å². The maximum absolute atomic E-state index is 12.3. The molecule has 0 atom stereocenters. The molecule has 2 fully saturated rings. The molecule has 1 aromatic carbocycles. The van der Waals surface area contributed by atoms with Crippen LogP contribution in [0.1, 0.15) is 12.8 Å². The second-order valence-corrected chi connectivity index (χ2v) is 7.74. The van der Waals surface area contributed by atoms with Gasteiger partial charge in [-0.2, -0.15) is 0 Å². The van der Waals surface area contributed by atoms with Gasteiger partial charge in [-0.15, -0.1) is 0 Å². The summed E-state index contributed by atoms with van der Waals surface area (Å²) < 4.78 is 1.03. The molecule has 0 unspecified atom stereocenters. The molecule has 7 heteroatoms. The molecule has 130 valence electrons. The van der Waals surface area contributed by atoms with Gasteiger partial charge in [-0.05, 0) is 43.3 Å². The fourth-order valence-electron chi connectivity index (χ4n) is 3.26. The molecule has 5 nitrogen and oxygen atoms in total. The minimum absolute atomic E-state index is 0.311. The molecule has 2 saturated heterocycles. The lowest BCUT2D eigenvalue weighted by molar-refractivity contribution is -0.896. The van der Waals surface area contributed by atoms with E-state index >= 15 is 0 Å². The third-order valence-corrected chi connectivity index (χ3v) is 5.55. The van der Waals surface area contributed by atoms with Gasteiger partial charge < -0.3 is 20.0 Å². The van der Waals surface area contributed by atoms with E-state index < -0.39 is 0 Å². The molecule has 2 aliphatic heterocycles. The largest absolute Gasteiger partial charge is 0.338 e. The number of thiocarbonyl (C=S) groups is 1. The SMILES string of the molecule is O=C(C[NH+]1CCN(C(=S)Nc2cccc(Br)c2)CC1)N1CCCC1. The number of hydrogen-bond donors (Lipinski definition) is 2. The highest BCUT2D eigenvalue weighted by Gasteiger charge is 2.26. The van der Waals surface area contributed by atoms with Gasteiger partial charge in [-0.3, -0.25) is 4.79 Å². The smallest absolute Gasteiger partial charge is 0.277 e. The highest BCUT2D eigenvalue weighted by atomic mass is 79.9. The van der Waals surface area contributed by atoms with Gasteiger partial charge in [-0.25, -0.2) is 0 Å². The molecule has 0 radical (unpaired) electrons. The number of carbonyl (C=O) groups excluding carboxylic acids is 1. The van der Waals surface area contributed by atoms with Crippen LogP contribution >= 0.6 is 28.1 Å². The lowest BCUT2D eigenvalue weighted by Gasteiger charge is -2.34. The Morgan fingerprint density at radius 3 is 2.54 bits per heavy atom. The van der Waals surface area contributed by atoms with Crippen molar-refractivity contribution >= 4 is 44.9 Å². The van der Waals surface area contributed by atoms with Gasteiger partial charge >= 0.3 is 0 Å². The number of nitrogens with zero attached hydrogens (tertiary/aromatic N) is 2. The first kappa shape index (κ1) is 17.6. The highest BCUT2D eigenvalue weighted by molar-refractivity contribution is 9.10. The Labute approximate surface area is 157 Å². The van der Waals surface area contributed by atoms with Crippen molar-refractivity contribution in [3.05, 3.63) is 28.7 Å². The molecule has 0 spiro atoms. The molecular formula is C17H24BrN4OS+. The first-order chi connectivity index (χ1) is 11.6. The van der Waals surface area contributed by atoms with E-state index in [9.17, 15) is 4.79 Å². The van der Waals surface area contributed by atoms with Gasteiger partial charge in [0.2, 0.25) is 0 Å². The summed E-state index contributed by atoms with van der Waals surface area (Å²) in [7, 11) is 0. The normalized spacial score (nSPS) is 18.7. The van der Waals surface area contributed by atoms with E-state index in [1.54, 1.807) is 0 Å². The Morgan fingerprint density at radius 1 is 1.17 bits per heavy atom. The van der Waals surface area contributed by atoms with Crippen LogP contribution in [0.25, 0.3) is 0 Å². The van der Waals surface area contributed by atoms with Gasteiger partial charge in [-0.1, -0.05) is 22.0 Å². The average molecular weight is 412 g/mol. The van der Waals surface area contributed by atoms with E-state index in [2.05, 4.69) is 26.1 Å². The highest BCUT2D eigenvalue weighted by Crippen LogP contribution is 2.16. The van der Waals surface area contributed by atoms with Crippen molar-refractivity contribution in [1.29, 1.82) is 0 Å². The molecular weight excluding hydrogens is 388 g/mol. The quantitative estimate of drug-likeness (QED) is 0.726. The summed E-state index contributed by atoms with van der Waals surface area (Å²) in [6.07, 6.45) is 2.31. The number of quaternary nitrogens is 1. The topological polar surface area (TPSA) is 40.0 Å². The standard InChI is InChI=1S/C17H23BrN4OS/c18-14-4-3-5-15(12-14)19-17(24)22-10-8-20(9-11-22)13-16(23)21-6-1-2-7-21/h3-5,12H,1-2,6-11,13H2,(H,19,24)/p+1. The molecule has 0 bridgehead atoms. The van der Waals surface area contributed by atoms with Crippen LogP contribution in [0.4, 0.5) is 5.69 Å². The lowest BCUT2D eigenvalue weighted by Crippen LogP contribution is -3.15. The number of halogens is 1. The molecule has 2 aliphatic rings. The molecule has 2 heterocycles. The number of hydrogen-bond acceptors (Lipinski definition) is 2. The number of carbonyl (C=O) groups is 1. The van der Waals surface area contributed by atoms with Crippen LogP contribution in [-0.4, -0.2) is 66.6 Å². The van der Waals surface area contributed by atoms with E-state index in [1.165, 1.54) is 4.90 Å². The van der Waals surface area contributed by atoms with Crippen molar-refractivity contribution in [3.8, 4) is 0 Å². The first-order valence-electron chi connectivity index (χ1n) is 8.54. The third kappa shape index (κ3) is 4.68. The van der Waals surface area contributed by atoms with Gasteiger partial charge in [0.05, 0.1) is 26.2 Å². The van der Waals surface area contributed by atoms with E-state index in [-0.39, 0.29) is 0 Å². The summed E-state index contributed by atoms with van der Waals surface area (Å²) in [4.78, 5) is 17.8. The second-order valence-electron chi connectivity index (χ2n) is 6.44. The Bertz CT molecular complexity index is 598. The summed E-state index contributed by atoms with van der Waals surface area (Å²) in [5.41, 5.74) is 0.994. The van der Waals surface area contributed by atoms with Crippen molar-refractivity contribution in [2.45, 2.75) is 12.8 Å². The molecule has 24 heavy (non-hydrogen) atoms. The van der Waals surface area contributed by atoms with Crippen molar-refractivity contribution in [3.63, 3.8) is 0 Å². The lowest BCUT2D eigenvalue weighted by atomic mass is 10.3. The Kier molecular flexibility index (Phi) is 6.08. The molecule has 0 aliphatic carbocycles. The molecule has 3 rings (SSSR count). The number of piperazine rings is 1. The Morgan fingerprint density at radius 2 is 1.88 bits per heavy atom. The van der Waals surface area contributed by atoms with Gasteiger partial charge in [0.1, 0.15) is 0 Å². The molecule has 0 aromatic heterocycles. The zero-order valence-electron chi connectivity index (χ0n) is 13.8. The molecule has 0 saturated carbocycles. The number of likely N-dealkylation sites (tertiary alicyclic amines) is 1. The molecule has 1 amide bonds.